The number of hydrogen-bond donors (Lipinski definition) is 2. The average molecular weight is 319 g/mol. The van der Waals surface area contributed by atoms with Crippen LogP contribution in [0.25, 0.3) is 0 Å². The van der Waals surface area contributed by atoms with Gasteiger partial charge in [-0.1, -0.05) is 12.1 Å². The summed E-state index contributed by atoms with van der Waals surface area (Å²) in [6.07, 6.45) is 2.55. The number of hydrogen-bond acceptors (Lipinski definition) is 4. The van der Waals surface area contributed by atoms with Crippen LogP contribution in [0.15, 0.2) is 24.3 Å². The number of aliphatic hydroxyl groups excluding tert-OH is 1. The Kier molecular flexibility index (Phi) is 6.86. The SMILES string of the molecule is CN(C)c1ccc(CC(=O)NCCN2CCC(CO)CC2)cc1. The van der Waals surface area contributed by atoms with E-state index in [1.165, 1.54) is 0 Å². The van der Waals surface area contributed by atoms with Gasteiger partial charge in [0.2, 0.25) is 5.91 Å². The highest BCUT2D eigenvalue weighted by Gasteiger charge is 2.17. The maximum atomic E-state index is 12.0. The van der Waals surface area contributed by atoms with E-state index in [0.29, 0.717) is 25.5 Å². The third kappa shape index (κ3) is 5.84. The molecular weight excluding hydrogens is 290 g/mol. The molecule has 5 nitrogen and oxygen atoms in total. The molecule has 0 spiro atoms. The van der Waals surface area contributed by atoms with Crippen LogP contribution in [-0.2, 0) is 11.2 Å². The summed E-state index contributed by atoms with van der Waals surface area (Å²) in [4.78, 5) is 16.4. The number of nitrogens with zero attached hydrogens (tertiary/aromatic N) is 2. The number of carbonyl (C=O) groups excluding carboxylic acids is 1. The van der Waals surface area contributed by atoms with Gasteiger partial charge in [0.15, 0.2) is 0 Å². The van der Waals surface area contributed by atoms with Crippen LogP contribution in [0, 0.1) is 5.92 Å². The largest absolute Gasteiger partial charge is 0.396 e. The number of benzene rings is 1. The first-order valence-corrected chi connectivity index (χ1v) is 8.44. The van der Waals surface area contributed by atoms with Crippen molar-refractivity contribution in [1.82, 2.24) is 10.2 Å². The van der Waals surface area contributed by atoms with Crippen LogP contribution in [0.1, 0.15) is 18.4 Å². The summed E-state index contributed by atoms with van der Waals surface area (Å²) in [5, 5.41) is 12.1. The van der Waals surface area contributed by atoms with Crippen LogP contribution >= 0.6 is 0 Å². The second-order valence-electron chi connectivity index (χ2n) is 6.56. The van der Waals surface area contributed by atoms with E-state index >= 15 is 0 Å². The van der Waals surface area contributed by atoms with E-state index in [0.717, 1.165) is 43.7 Å². The molecule has 5 heteroatoms. The number of piperidine rings is 1. The Balaban J connectivity index is 1.65. The Morgan fingerprint density at radius 1 is 1.26 bits per heavy atom. The van der Waals surface area contributed by atoms with E-state index in [1.807, 2.05) is 43.3 Å². The molecule has 1 aliphatic heterocycles. The Hall–Kier alpha value is -1.59. The first kappa shape index (κ1) is 17.8. The predicted octanol–water partition coefficient (Wildman–Crippen LogP) is 1.12. The maximum Gasteiger partial charge on any atom is 0.224 e. The van der Waals surface area contributed by atoms with Crippen molar-refractivity contribution in [2.24, 2.45) is 5.92 Å². The van der Waals surface area contributed by atoms with Crippen molar-refractivity contribution in [2.45, 2.75) is 19.3 Å². The number of likely N-dealkylation sites (tertiary alicyclic amines) is 1. The fourth-order valence-corrected chi connectivity index (χ4v) is 2.91. The van der Waals surface area contributed by atoms with Gasteiger partial charge in [0, 0.05) is 39.5 Å². The topological polar surface area (TPSA) is 55.8 Å². The number of carbonyl (C=O) groups is 1. The third-order valence-corrected chi connectivity index (χ3v) is 4.53. The Bertz CT molecular complexity index is 480. The van der Waals surface area contributed by atoms with Gasteiger partial charge in [-0.05, 0) is 49.5 Å². The van der Waals surface area contributed by atoms with Crippen molar-refractivity contribution in [2.75, 3.05) is 51.8 Å². The van der Waals surface area contributed by atoms with E-state index in [1.54, 1.807) is 0 Å². The minimum atomic E-state index is 0.0767. The van der Waals surface area contributed by atoms with Crippen molar-refractivity contribution in [3.63, 3.8) is 0 Å². The van der Waals surface area contributed by atoms with Crippen molar-refractivity contribution < 1.29 is 9.90 Å². The van der Waals surface area contributed by atoms with Gasteiger partial charge in [-0.2, -0.15) is 0 Å². The van der Waals surface area contributed by atoms with E-state index in [2.05, 4.69) is 10.2 Å². The lowest BCUT2D eigenvalue weighted by Gasteiger charge is -2.30. The first-order chi connectivity index (χ1) is 11.1. The molecule has 1 aromatic carbocycles. The summed E-state index contributed by atoms with van der Waals surface area (Å²) >= 11 is 0. The number of nitrogens with one attached hydrogen (secondary N) is 1. The second-order valence-corrected chi connectivity index (χ2v) is 6.56. The number of anilines is 1. The van der Waals surface area contributed by atoms with Crippen molar-refractivity contribution >= 4 is 11.6 Å². The van der Waals surface area contributed by atoms with E-state index in [4.69, 9.17) is 5.11 Å². The predicted molar refractivity (Wildman–Crippen MR) is 93.7 cm³/mol. The molecule has 1 fully saturated rings. The minimum absolute atomic E-state index is 0.0767. The van der Waals surface area contributed by atoms with Gasteiger partial charge in [-0.25, -0.2) is 0 Å². The van der Waals surface area contributed by atoms with Gasteiger partial charge in [0.1, 0.15) is 0 Å². The lowest BCUT2D eigenvalue weighted by molar-refractivity contribution is -0.120. The van der Waals surface area contributed by atoms with Crippen LogP contribution in [0.3, 0.4) is 0 Å². The molecule has 128 valence electrons. The highest BCUT2D eigenvalue weighted by Crippen LogP contribution is 2.15. The fraction of sp³-hybridized carbons (Fsp3) is 0.611. The Morgan fingerprint density at radius 3 is 2.48 bits per heavy atom. The molecule has 0 aromatic heterocycles. The highest BCUT2D eigenvalue weighted by atomic mass is 16.3. The molecular formula is C18H29N3O2. The Labute approximate surface area is 139 Å². The van der Waals surface area contributed by atoms with E-state index in [-0.39, 0.29) is 5.91 Å². The molecule has 1 heterocycles. The van der Waals surface area contributed by atoms with Gasteiger partial charge >= 0.3 is 0 Å². The van der Waals surface area contributed by atoms with Crippen molar-refractivity contribution in [1.29, 1.82) is 0 Å². The normalized spacial score (nSPS) is 16.3. The van der Waals surface area contributed by atoms with Crippen LogP contribution in [-0.4, -0.2) is 62.8 Å². The smallest absolute Gasteiger partial charge is 0.224 e. The Morgan fingerprint density at radius 2 is 1.91 bits per heavy atom. The van der Waals surface area contributed by atoms with Gasteiger partial charge in [-0.3, -0.25) is 4.79 Å². The third-order valence-electron chi connectivity index (χ3n) is 4.53. The summed E-state index contributed by atoms with van der Waals surface area (Å²) < 4.78 is 0. The molecule has 0 bridgehead atoms. The molecule has 1 aromatic rings. The first-order valence-electron chi connectivity index (χ1n) is 8.44. The maximum absolute atomic E-state index is 12.0. The molecule has 0 aliphatic carbocycles. The molecule has 1 saturated heterocycles. The zero-order valence-electron chi connectivity index (χ0n) is 14.3. The zero-order valence-corrected chi connectivity index (χ0v) is 14.3. The van der Waals surface area contributed by atoms with Crippen LogP contribution in [0.4, 0.5) is 5.69 Å². The summed E-state index contributed by atoms with van der Waals surface area (Å²) in [7, 11) is 4.01. The number of rotatable bonds is 7. The lowest BCUT2D eigenvalue weighted by atomic mass is 9.98. The van der Waals surface area contributed by atoms with Gasteiger partial charge in [0.25, 0.3) is 0 Å². The molecule has 1 aliphatic rings. The van der Waals surface area contributed by atoms with Gasteiger partial charge in [0.05, 0.1) is 6.42 Å². The molecule has 2 N–H and O–H groups in total. The number of amides is 1. The summed E-state index contributed by atoms with van der Waals surface area (Å²) in [5.41, 5.74) is 2.18. The summed E-state index contributed by atoms with van der Waals surface area (Å²) in [5.74, 6) is 0.541. The van der Waals surface area contributed by atoms with Gasteiger partial charge in [-0.15, -0.1) is 0 Å². The molecule has 0 saturated carbocycles. The minimum Gasteiger partial charge on any atom is -0.396 e. The lowest BCUT2D eigenvalue weighted by Crippen LogP contribution is -2.40. The monoisotopic (exact) mass is 319 g/mol. The molecule has 2 rings (SSSR count). The highest BCUT2D eigenvalue weighted by molar-refractivity contribution is 5.78. The molecule has 0 atom stereocenters. The zero-order chi connectivity index (χ0) is 16.7. The van der Waals surface area contributed by atoms with Crippen LogP contribution in [0.5, 0.6) is 0 Å². The standard InChI is InChI=1S/C18H29N3O2/c1-20(2)17-5-3-15(4-6-17)13-18(23)19-9-12-21-10-7-16(14-22)8-11-21/h3-6,16,22H,7-14H2,1-2H3,(H,19,23). The average Bonchev–Trinajstić information content (AvgIpc) is 2.56. The quantitative estimate of drug-likeness (QED) is 0.791. The van der Waals surface area contributed by atoms with E-state index in [9.17, 15) is 4.79 Å². The van der Waals surface area contributed by atoms with Crippen molar-refractivity contribution in [3.8, 4) is 0 Å². The van der Waals surface area contributed by atoms with Crippen LogP contribution < -0.4 is 10.2 Å². The summed E-state index contributed by atoms with van der Waals surface area (Å²) in [6.45, 7) is 3.93. The molecule has 0 radical (unpaired) electrons. The van der Waals surface area contributed by atoms with Crippen LogP contribution in [0.2, 0.25) is 0 Å². The molecule has 23 heavy (non-hydrogen) atoms. The second kappa shape index (κ2) is 8.89. The molecule has 1 amide bonds. The van der Waals surface area contributed by atoms with Crippen molar-refractivity contribution in [3.05, 3.63) is 29.8 Å². The van der Waals surface area contributed by atoms with E-state index < -0.39 is 0 Å². The van der Waals surface area contributed by atoms with Gasteiger partial charge < -0.3 is 20.2 Å². The number of aliphatic hydroxyl groups is 1. The fourth-order valence-electron chi connectivity index (χ4n) is 2.91. The summed E-state index contributed by atoms with van der Waals surface area (Å²) in [6, 6.07) is 8.09. The molecule has 0 unspecified atom stereocenters.